The van der Waals surface area contributed by atoms with E-state index < -0.39 is 0 Å². The molecule has 1 amide bonds. The summed E-state index contributed by atoms with van der Waals surface area (Å²) < 4.78 is 0. The Bertz CT molecular complexity index is 382. The molecule has 0 aromatic heterocycles. The van der Waals surface area contributed by atoms with Crippen LogP contribution in [0.15, 0.2) is 12.2 Å². The van der Waals surface area contributed by atoms with E-state index in [4.69, 9.17) is 0 Å². The topological polar surface area (TPSA) is 49.3 Å². The van der Waals surface area contributed by atoms with Gasteiger partial charge in [0.15, 0.2) is 0 Å². The first-order valence-electron chi connectivity index (χ1n) is 7.73. The zero-order chi connectivity index (χ0) is 13.5. The Balaban J connectivity index is 1.63. The summed E-state index contributed by atoms with van der Waals surface area (Å²) in [6.45, 7) is 2.34. The third-order valence-corrected chi connectivity index (χ3v) is 5.54. The fourth-order valence-electron chi connectivity index (χ4n) is 4.07. The van der Waals surface area contributed by atoms with Crippen molar-refractivity contribution in [2.24, 2.45) is 23.7 Å². The quantitative estimate of drug-likeness (QED) is 0.767. The van der Waals surface area contributed by atoms with Crippen LogP contribution < -0.4 is 5.32 Å². The fourth-order valence-corrected chi connectivity index (χ4v) is 4.07. The van der Waals surface area contributed by atoms with Crippen LogP contribution in [0.5, 0.6) is 0 Å². The molecule has 2 bridgehead atoms. The molecule has 3 aliphatic rings. The molecule has 0 aromatic rings. The molecule has 2 N–H and O–H groups in total. The number of aliphatic hydroxyl groups is 1. The smallest absolute Gasteiger partial charge is 0.224 e. The highest BCUT2D eigenvalue weighted by Gasteiger charge is 2.43. The first-order valence-corrected chi connectivity index (χ1v) is 7.73. The lowest BCUT2D eigenvalue weighted by molar-refractivity contribution is -0.129. The molecule has 0 spiro atoms. The minimum absolute atomic E-state index is 0.0854. The van der Waals surface area contributed by atoms with Crippen molar-refractivity contribution in [3.8, 4) is 0 Å². The van der Waals surface area contributed by atoms with Crippen molar-refractivity contribution in [2.45, 2.75) is 51.0 Å². The maximum absolute atomic E-state index is 12.5. The molecule has 3 aliphatic carbocycles. The van der Waals surface area contributed by atoms with Crippen molar-refractivity contribution in [1.82, 2.24) is 5.32 Å². The number of aliphatic hydroxyl groups excluding tert-OH is 1. The zero-order valence-electron chi connectivity index (χ0n) is 11.8. The second kappa shape index (κ2) is 4.93. The van der Waals surface area contributed by atoms with Crippen molar-refractivity contribution in [3.63, 3.8) is 0 Å². The fraction of sp³-hybridized carbons (Fsp3) is 0.812. The molecule has 3 atom stereocenters. The standard InChI is InChI=1S/C16H25NO2/c1-11-4-6-16(10-18,7-5-11)17-15(19)14-9-12-2-3-13(14)8-12/h2-3,11-14,18H,4-10H2,1H3,(H,17,19). The van der Waals surface area contributed by atoms with Gasteiger partial charge in [-0.25, -0.2) is 0 Å². The molecule has 3 rings (SSSR count). The second-order valence-corrected chi connectivity index (χ2v) is 7.00. The van der Waals surface area contributed by atoms with Crippen LogP contribution >= 0.6 is 0 Å². The maximum Gasteiger partial charge on any atom is 0.224 e. The lowest BCUT2D eigenvalue weighted by Gasteiger charge is -2.39. The van der Waals surface area contributed by atoms with Gasteiger partial charge in [-0.15, -0.1) is 0 Å². The summed E-state index contributed by atoms with van der Waals surface area (Å²) in [4.78, 5) is 12.5. The van der Waals surface area contributed by atoms with Crippen molar-refractivity contribution in [3.05, 3.63) is 12.2 Å². The minimum atomic E-state index is -0.338. The van der Waals surface area contributed by atoms with Gasteiger partial charge in [-0.1, -0.05) is 19.1 Å². The van der Waals surface area contributed by atoms with E-state index in [1.807, 2.05) is 0 Å². The van der Waals surface area contributed by atoms with E-state index in [1.54, 1.807) is 0 Å². The highest BCUT2D eigenvalue weighted by Crippen LogP contribution is 2.44. The molecular weight excluding hydrogens is 238 g/mol. The van der Waals surface area contributed by atoms with Gasteiger partial charge < -0.3 is 10.4 Å². The molecule has 2 fully saturated rings. The molecular formula is C16H25NO2. The molecule has 0 radical (unpaired) electrons. The number of fused-ring (bicyclic) bond motifs is 2. The van der Waals surface area contributed by atoms with Crippen LogP contribution in [-0.2, 0) is 4.79 Å². The van der Waals surface area contributed by atoms with E-state index in [0.29, 0.717) is 11.8 Å². The van der Waals surface area contributed by atoms with Gasteiger partial charge in [0, 0.05) is 5.92 Å². The largest absolute Gasteiger partial charge is 0.394 e. The number of amides is 1. The average Bonchev–Trinajstić information content (AvgIpc) is 3.04. The highest BCUT2D eigenvalue weighted by atomic mass is 16.3. The third-order valence-electron chi connectivity index (χ3n) is 5.54. The number of allylic oxidation sites excluding steroid dienone is 2. The molecule has 19 heavy (non-hydrogen) atoms. The van der Waals surface area contributed by atoms with Crippen LogP contribution in [0.2, 0.25) is 0 Å². The first-order chi connectivity index (χ1) is 9.12. The minimum Gasteiger partial charge on any atom is -0.394 e. The number of carbonyl (C=O) groups is 1. The van der Waals surface area contributed by atoms with Crippen LogP contribution in [-0.4, -0.2) is 23.2 Å². The number of hydrogen-bond acceptors (Lipinski definition) is 2. The number of hydrogen-bond donors (Lipinski definition) is 2. The summed E-state index contributed by atoms with van der Waals surface area (Å²) in [6, 6.07) is 0. The van der Waals surface area contributed by atoms with E-state index in [0.717, 1.165) is 44.4 Å². The van der Waals surface area contributed by atoms with Crippen LogP contribution in [0.4, 0.5) is 0 Å². The summed E-state index contributed by atoms with van der Waals surface area (Å²) in [5, 5.41) is 12.9. The summed E-state index contributed by atoms with van der Waals surface area (Å²) in [6.07, 6.45) is 10.7. The molecule has 3 nitrogen and oxygen atoms in total. The Morgan fingerprint density at radius 3 is 2.58 bits per heavy atom. The predicted molar refractivity (Wildman–Crippen MR) is 74.4 cm³/mol. The Hall–Kier alpha value is -0.830. The second-order valence-electron chi connectivity index (χ2n) is 7.00. The van der Waals surface area contributed by atoms with Crippen LogP contribution in [0.1, 0.15) is 45.4 Å². The molecule has 0 aliphatic heterocycles. The van der Waals surface area contributed by atoms with Gasteiger partial charge in [-0.05, 0) is 56.3 Å². The molecule has 0 aromatic carbocycles. The van der Waals surface area contributed by atoms with Gasteiger partial charge in [-0.2, -0.15) is 0 Å². The molecule has 0 saturated heterocycles. The van der Waals surface area contributed by atoms with Crippen LogP contribution in [0.3, 0.4) is 0 Å². The van der Waals surface area contributed by atoms with Crippen molar-refractivity contribution in [1.29, 1.82) is 0 Å². The summed E-state index contributed by atoms with van der Waals surface area (Å²) in [7, 11) is 0. The van der Waals surface area contributed by atoms with Crippen molar-refractivity contribution >= 4 is 5.91 Å². The van der Waals surface area contributed by atoms with E-state index in [-0.39, 0.29) is 24.0 Å². The number of carbonyl (C=O) groups excluding carboxylic acids is 1. The molecule has 106 valence electrons. The van der Waals surface area contributed by atoms with Gasteiger partial charge in [0.25, 0.3) is 0 Å². The normalized spacial score (nSPS) is 44.5. The molecule has 3 heteroatoms. The molecule has 0 heterocycles. The Labute approximate surface area is 115 Å². The summed E-state index contributed by atoms with van der Waals surface area (Å²) in [5.41, 5.74) is -0.338. The number of rotatable bonds is 3. The lowest BCUT2D eigenvalue weighted by Crippen LogP contribution is -2.55. The molecule has 2 saturated carbocycles. The van der Waals surface area contributed by atoms with Gasteiger partial charge in [0.05, 0.1) is 12.1 Å². The lowest BCUT2D eigenvalue weighted by atomic mass is 9.77. The van der Waals surface area contributed by atoms with E-state index in [2.05, 4.69) is 24.4 Å². The monoisotopic (exact) mass is 263 g/mol. The van der Waals surface area contributed by atoms with Crippen molar-refractivity contribution in [2.75, 3.05) is 6.61 Å². The summed E-state index contributed by atoms with van der Waals surface area (Å²) in [5.74, 6) is 2.13. The highest BCUT2D eigenvalue weighted by molar-refractivity contribution is 5.80. The SMILES string of the molecule is CC1CCC(CO)(NC(=O)C2CC3C=CC2C3)CC1. The van der Waals surface area contributed by atoms with Crippen LogP contribution in [0.25, 0.3) is 0 Å². The maximum atomic E-state index is 12.5. The van der Waals surface area contributed by atoms with E-state index >= 15 is 0 Å². The van der Waals surface area contributed by atoms with E-state index in [9.17, 15) is 9.90 Å². The van der Waals surface area contributed by atoms with Gasteiger partial charge in [-0.3, -0.25) is 4.79 Å². The first kappa shape index (κ1) is 13.2. The summed E-state index contributed by atoms with van der Waals surface area (Å²) >= 11 is 0. The van der Waals surface area contributed by atoms with Gasteiger partial charge >= 0.3 is 0 Å². The predicted octanol–water partition coefficient (Wildman–Crippen LogP) is 2.26. The van der Waals surface area contributed by atoms with Gasteiger partial charge in [0.2, 0.25) is 5.91 Å². The van der Waals surface area contributed by atoms with Crippen molar-refractivity contribution < 1.29 is 9.90 Å². The van der Waals surface area contributed by atoms with E-state index in [1.165, 1.54) is 0 Å². The Kier molecular flexibility index (Phi) is 3.42. The van der Waals surface area contributed by atoms with Crippen LogP contribution in [0, 0.1) is 23.7 Å². The third kappa shape index (κ3) is 2.45. The Morgan fingerprint density at radius 2 is 2.05 bits per heavy atom. The Morgan fingerprint density at radius 1 is 1.32 bits per heavy atom. The van der Waals surface area contributed by atoms with Gasteiger partial charge in [0.1, 0.15) is 0 Å². The zero-order valence-corrected chi connectivity index (χ0v) is 11.8. The average molecular weight is 263 g/mol. The number of nitrogens with one attached hydrogen (secondary N) is 1. The molecule has 3 unspecified atom stereocenters.